The molecule has 116 valence electrons. The van der Waals surface area contributed by atoms with Crippen molar-refractivity contribution in [2.75, 3.05) is 6.54 Å². The van der Waals surface area contributed by atoms with Gasteiger partial charge in [-0.05, 0) is 19.1 Å². The molecule has 0 unspecified atom stereocenters. The summed E-state index contributed by atoms with van der Waals surface area (Å²) in [7, 11) is 0. The Bertz CT molecular complexity index is 577. The Morgan fingerprint density at radius 2 is 2.14 bits per heavy atom. The molecule has 21 heavy (non-hydrogen) atoms. The summed E-state index contributed by atoms with van der Waals surface area (Å²) < 4.78 is 0. The molecule has 0 aliphatic rings. The molecule has 0 bridgehead atoms. The van der Waals surface area contributed by atoms with E-state index in [4.69, 9.17) is 5.73 Å². The minimum absolute atomic E-state index is 0. The molecule has 3 N–H and O–H groups in total. The van der Waals surface area contributed by atoms with Crippen LogP contribution in [0, 0.1) is 6.92 Å². The van der Waals surface area contributed by atoms with Gasteiger partial charge in [-0.15, -0.1) is 36.2 Å². The van der Waals surface area contributed by atoms with Crippen LogP contribution >= 0.6 is 36.2 Å². The predicted octanol–water partition coefficient (Wildman–Crippen LogP) is 2.12. The summed E-state index contributed by atoms with van der Waals surface area (Å²) in [6.45, 7) is 2.87. The Hall–Kier alpha value is -1.21. The first-order valence-electron chi connectivity index (χ1n) is 6.03. The minimum Gasteiger partial charge on any atom is -0.352 e. The number of aromatic nitrogens is 2. The fourth-order valence-corrected chi connectivity index (χ4v) is 2.31. The molecular formula is C13H18Cl2N4OS. The summed E-state index contributed by atoms with van der Waals surface area (Å²) in [4.78, 5) is 20.3. The monoisotopic (exact) mass is 348 g/mol. The lowest BCUT2D eigenvalue weighted by Crippen LogP contribution is -2.26. The van der Waals surface area contributed by atoms with Gasteiger partial charge in [-0.1, -0.05) is 0 Å². The molecule has 1 amide bonds. The van der Waals surface area contributed by atoms with Crippen molar-refractivity contribution in [3.8, 4) is 0 Å². The van der Waals surface area contributed by atoms with Gasteiger partial charge < -0.3 is 11.1 Å². The van der Waals surface area contributed by atoms with Crippen LogP contribution in [-0.2, 0) is 13.0 Å². The maximum Gasteiger partial charge on any atom is 0.251 e. The highest BCUT2D eigenvalue weighted by Gasteiger charge is 2.06. The average Bonchev–Trinajstić information content (AvgIpc) is 2.84. The van der Waals surface area contributed by atoms with Crippen molar-refractivity contribution in [3.63, 3.8) is 0 Å². The lowest BCUT2D eigenvalue weighted by atomic mass is 10.2. The summed E-state index contributed by atoms with van der Waals surface area (Å²) in [5, 5.41) is 5.92. The van der Waals surface area contributed by atoms with Crippen LogP contribution in [0.2, 0.25) is 0 Å². The van der Waals surface area contributed by atoms with Crippen molar-refractivity contribution in [1.29, 1.82) is 0 Å². The van der Waals surface area contributed by atoms with E-state index in [1.807, 2.05) is 12.3 Å². The van der Waals surface area contributed by atoms with Gasteiger partial charge in [0.25, 0.3) is 5.91 Å². The van der Waals surface area contributed by atoms with Gasteiger partial charge in [0.05, 0.1) is 16.4 Å². The fourth-order valence-electron chi connectivity index (χ4n) is 1.66. The zero-order valence-corrected chi connectivity index (χ0v) is 14.0. The smallest absolute Gasteiger partial charge is 0.251 e. The lowest BCUT2D eigenvalue weighted by molar-refractivity contribution is 0.0954. The molecule has 2 rings (SSSR count). The Kier molecular flexibility index (Phi) is 9.12. The van der Waals surface area contributed by atoms with Gasteiger partial charge in [0.2, 0.25) is 0 Å². The number of pyridine rings is 1. The van der Waals surface area contributed by atoms with Crippen LogP contribution in [0.4, 0.5) is 0 Å². The maximum absolute atomic E-state index is 11.9. The summed E-state index contributed by atoms with van der Waals surface area (Å²) in [5.74, 6) is -0.107. The second kappa shape index (κ2) is 9.68. The van der Waals surface area contributed by atoms with Crippen LogP contribution in [0.1, 0.15) is 26.8 Å². The first-order chi connectivity index (χ1) is 9.19. The van der Waals surface area contributed by atoms with E-state index in [9.17, 15) is 4.79 Å². The van der Waals surface area contributed by atoms with Crippen LogP contribution in [0.25, 0.3) is 0 Å². The van der Waals surface area contributed by atoms with Crippen molar-refractivity contribution < 1.29 is 4.79 Å². The van der Waals surface area contributed by atoms with Gasteiger partial charge in [-0.3, -0.25) is 9.78 Å². The van der Waals surface area contributed by atoms with E-state index in [1.165, 1.54) is 0 Å². The Balaban J connectivity index is 0.00000200. The molecule has 0 aliphatic carbocycles. The number of aryl methyl sites for hydroxylation is 1. The van der Waals surface area contributed by atoms with Crippen LogP contribution < -0.4 is 11.1 Å². The van der Waals surface area contributed by atoms with Crippen LogP contribution in [0.5, 0.6) is 0 Å². The van der Waals surface area contributed by atoms with Gasteiger partial charge in [-0.25, -0.2) is 4.98 Å². The standard InChI is InChI=1S/C13H16N4OS.2ClH/c1-9-17-11(8-19-9)3-5-16-13(18)10-2-4-15-12(6-10)7-14;;/h2,4,6,8H,3,5,7,14H2,1H3,(H,16,18);2*1H. The van der Waals surface area contributed by atoms with Gasteiger partial charge in [0.15, 0.2) is 0 Å². The highest BCUT2D eigenvalue weighted by molar-refractivity contribution is 7.09. The largest absolute Gasteiger partial charge is 0.352 e. The quantitative estimate of drug-likeness (QED) is 0.866. The molecule has 2 aromatic heterocycles. The SMILES string of the molecule is Cc1nc(CCNC(=O)c2ccnc(CN)c2)cs1.Cl.Cl. The summed E-state index contributed by atoms with van der Waals surface area (Å²) >= 11 is 1.62. The number of nitrogens with zero attached hydrogens (tertiary/aromatic N) is 2. The number of hydrogen-bond donors (Lipinski definition) is 2. The maximum atomic E-state index is 11.9. The Morgan fingerprint density at radius 3 is 2.76 bits per heavy atom. The molecule has 0 spiro atoms. The van der Waals surface area contributed by atoms with E-state index in [-0.39, 0.29) is 30.7 Å². The number of rotatable bonds is 5. The van der Waals surface area contributed by atoms with E-state index < -0.39 is 0 Å². The van der Waals surface area contributed by atoms with Crippen LogP contribution in [0.3, 0.4) is 0 Å². The number of nitrogens with two attached hydrogens (primary N) is 1. The summed E-state index contributed by atoms with van der Waals surface area (Å²) in [6.07, 6.45) is 2.34. The van der Waals surface area contributed by atoms with Gasteiger partial charge in [0, 0.05) is 36.7 Å². The highest BCUT2D eigenvalue weighted by Crippen LogP contribution is 2.08. The van der Waals surface area contributed by atoms with E-state index in [1.54, 1.807) is 29.7 Å². The average molecular weight is 349 g/mol. The van der Waals surface area contributed by atoms with Crippen molar-refractivity contribution in [2.45, 2.75) is 19.9 Å². The third-order valence-electron chi connectivity index (χ3n) is 2.62. The van der Waals surface area contributed by atoms with E-state index in [2.05, 4.69) is 15.3 Å². The highest BCUT2D eigenvalue weighted by atomic mass is 35.5. The molecule has 2 heterocycles. The summed E-state index contributed by atoms with van der Waals surface area (Å²) in [5.41, 5.74) is 7.81. The number of carbonyl (C=O) groups is 1. The lowest BCUT2D eigenvalue weighted by Gasteiger charge is -2.05. The van der Waals surface area contributed by atoms with Crippen molar-refractivity contribution in [1.82, 2.24) is 15.3 Å². The topological polar surface area (TPSA) is 80.9 Å². The molecular weight excluding hydrogens is 331 g/mol. The first-order valence-corrected chi connectivity index (χ1v) is 6.91. The second-order valence-electron chi connectivity index (χ2n) is 4.10. The molecule has 0 saturated carbocycles. The van der Waals surface area contributed by atoms with Crippen LogP contribution in [-0.4, -0.2) is 22.4 Å². The third kappa shape index (κ3) is 5.97. The van der Waals surface area contributed by atoms with Gasteiger partial charge >= 0.3 is 0 Å². The zero-order valence-electron chi connectivity index (χ0n) is 11.5. The number of hydrogen-bond acceptors (Lipinski definition) is 5. The van der Waals surface area contributed by atoms with Gasteiger partial charge in [-0.2, -0.15) is 0 Å². The number of carbonyl (C=O) groups excluding carboxylic acids is 1. The number of thiazole rings is 1. The van der Waals surface area contributed by atoms with E-state index >= 15 is 0 Å². The first kappa shape index (κ1) is 19.8. The fraction of sp³-hybridized carbons (Fsp3) is 0.308. The Labute approximate surface area is 140 Å². The molecule has 0 radical (unpaired) electrons. The Morgan fingerprint density at radius 1 is 1.38 bits per heavy atom. The predicted molar refractivity (Wildman–Crippen MR) is 89.5 cm³/mol. The number of amides is 1. The zero-order chi connectivity index (χ0) is 13.7. The molecule has 2 aromatic rings. The molecule has 0 saturated heterocycles. The van der Waals surface area contributed by atoms with Crippen molar-refractivity contribution >= 4 is 42.1 Å². The second-order valence-corrected chi connectivity index (χ2v) is 5.17. The molecule has 0 aliphatic heterocycles. The molecule has 5 nitrogen and oxygen atoms in total. The van der Waals surface area contributed by atoms with Crippen LogP contribution in [0.15, 0.2) is 23.7 Å². The minimum atomic E-state index is -0.107. The van der Waals surface area contributed by atoms with E-state index in [0.717, 1.165) is 17.1 Å². The normalized spacial score (nSPS) is 9.43. The summed E-state index contributed by atoms with van der Waals surface area (Å²) in [6, 6.07) is 3.39. The van der Waals surface area contributed by atoms with Crippen molar-refractivity contribution in [3.05, 3.63) is 45.7 Å². The molecule has 0 aromatic carbocycles. The van der Waals surface area contributed by atoms with Gasteiger partial charge in [0.1, 0.15) is 0 Å². The van der Waals surface area contributed by atoms with Crippen molar-refractivity contribution in [2.24, 2.45) is 5.73 Å². The molecule has 8 heteroatoms. The number of halogens is 2. The molecule has 0 atom stereocenters. The number of nitrogens with one attached hydrogen (secondary N) is 1. The van der Waals surface area contributed by atoms with E-state index in [0.29, 0.717) is 24.3 Å². The molecule has 0 fully saturated rings. The third-order valence-corrected chi connectivity index (χ3v) is 3.44.